The van der Waals surface area contributed by atoms with Crippen LogP contribution < -0.4 is 10.1 Å². The maximum Gasteiger partial charge on any atom is 0.265 e. The third-order valence-electron chi connectivity index (χ3n) is 2.64. The molecular formula is C15H13ClFNO2. The van der Waals surface area contributed by atoms with Crippen LogP contribution in [0.1, 0.15) is 6.92 Å². The van der Waals surface area contributed by atoms with Gasteiger partial charge in [-0.1, -0.05) is 35.9 Å². The molecule has 0 aliphatic heterocycles. The van der Waals surface area contributed by atoms with Crippen LogP contribution in [0.25, 0.3) is 0 Å². The van der Waals surface area contributed by atoms with Crippen LogP contribution in [0.2, 0.25) is 5.02 Å². The number of hydrogen-bond acceptors (Lipinski definition) is 2. The number of amides is 1. The molecule has 0 radical (unpaired) electrons. The van der Waals surface area contributed by atoms with E-state index in [1.54, 1.807) is 43.3 Å². The predicted molar refractivity (Wildman–Crippen MR) is 76.6 cm³/mol. The number of hydrogen-bond donors (Lipinski definition) is 1. The molecule has 2 aromatic rings. The van der Waals surface area contributed by atoms with Crippen LogP contribution in [0.3, 0.4) is 0 Å². The van der Waals surface area contributed by atoms with Crippen LogP contribution in [-0.4, -0.2) is 12.0 Å². The molecule has 0 heterocycles. The van der Waals surface area contributed by atoms with Gasteiger partial charge >= 0.3 is 0 Å². The number of rotatable bonds is 4. The van der Waals surface area contributed by atoms with Crippen molar-refractivity contribution in [1.82, 2.24) is 0 Å². The van der Waals surface area contributed by atoms with Crippen LogP contribution in [0, 0.1) is 5.82 Å². The van der Waals surface area contributed by atoms with Crippen LogP contribution in [-0.2, 0) is 4.79 Å². The standard InChI is InChI=1S/C15H13ClFNO2/c1-10(20-14-9-5-3-7-12(14)17)15(19)18-13-8-4-2-6-11(13)16/h2-10H,1H3,(H,18,19)/t10-/m1/s1. The molecule has 0 fully saturated rings. The zero-order valence-corrected chi connectivity index (χ0v) is 11.5. The average Bonchev–Trinajstić information content (AvgIpc) is 2.43. The Kier molecular flexibility index (Phi) is 4.58. The normalized spacial score (nSPS) is 11.8. The second kappa shape index (κ2) is 6.39. The zero-order chi connectivity index (χ0) is 14.5. The number of halogens is 2. The van der Waals surface area contributed by atoms with E-state index in [9.17, 15) is 9.18 Å². The molecule has 0 unspecified atom stereocenters. The summed E-state index contributed by atoms with van der Waals surface area (Å²) in [4.78, 5) is 12.0. The lowest BCUT2D eigenvalue weighted by Crippen LogP contribution is -2.30. The summed E-state index contributed by atoms with van der Waals surface area (Å²) in [6, 6.07) is 12.8. The lowest BCUT2D eigenvalue weighted by Gasteiger charge is -2.15. The number of carbonyl (C=O) groups excluding carboxylic acids is 1. The molecule has 2 aromatic carbocycles. The highest BCUT2D eigenvalue weighted by Gasteiger charge is 2.17. The fraction of sp³-hybridized carbons (Fsp3) is 0.133. The van der Waals surface area contributed by atoms with Crippen LogP contribution in [0.5, 0.6) is 5.75 Å². The van der Waals surface area contributed by atoms with Gasteiger partial charge < -0.3 is 10.1 Å². The molecule has 0 aliphatic rings. The fourth-order valence-corrected chi connectivity index (χ4v) is 1.76. The van der Waals surface area contributed by atoms with E-state index in [1.165, 1.54) is 12.1 Å². The first-order valence-corrected chi connectivity index (χ1v) is 6.42. The number of benzene rings is 2. The molecule has 0 bridgehead atoms. The molecule has 0 aromatic heterocycles. The van der Waals surface area contributed by atoms with Crippen LogP contribution in [0.15, 0.2) is 48.5 Å². The quantitative estimate of drug-likeness (QED) is 0.929. The fourth-order valence-electron chi connectivity index (χ4n) is 1.58. The Hall–Kier alpha value is -2.07. The molecular weight excluding hydrogens is 281 g/mol. The summed E-state index contributed by atoms with van der Waals surface area (Å²) >= 11 is 5.94. The second-order valence-corrected chi connectivity index (χ2v) is 4.57. The first-order chi connectivity index (χ1) is 9.58. The molecule has 0 aliphatic carbocycles. The van der Waals surface area contributed by atoms with Crippen molar-refractivity contribution < 1.29 is 13.9 Å². The molecule has 0 saturated carbocycles. The molecule has 2 rings (SSSR count). The minimum Gasteiger partial charge on any atom is -0.478 e. The Bertz CT molecular complexity index is 618. The molecule has 104 valence electrons. The highest BCUT2D eigenvalue weighted by atomic mass is 35.5. The van der Waals surface area contributed by atoms with Gasteiger partial charge in [0.15, 0.2) is 17.7 Å². The van der Waals surface area contributed by atoms with E-state index in [2.05, 4.69) is 5.32 Å². The molecule has 5 heteroatoms. The average molecular weight is 294 g/mol. The van der Waals surface area contributed by atoms with Crippen molar-refractivity contribution in [2.24, 2.45) is 0 Å². The maximum atomic E-state index is 13.4. The van der Waals surface area contributed by atoms with Gasteiger partial charge in [-0.05, 0) is 31.2 Å². The van der Waals surface area contributed by atoms with Gasteiger partial charge in [0.05, 0.1) is 10.7 Å². The van der Waals surface area contributed by atoms with E-state index >= 15 is 0 Å². The molecule has 0 saturated heterocycles. The molecule has 3 nitrogen and oxygen atoms in total. The Labute approximate surface area is 121 Å². The Morgan fingerprint density at radius 3 is 2.55 bits per heavy atom. The SMILES string of the molecule is C[C@@H](Oc1ccccc1F)C(=O)Nc1ccccc1Cl. The van der Waals surface area contributed by atoms with E-state index in [0.29, 0.717) is 10.7 Å². The summed E-state index contributed by atoms with van der Waals surface area (Å²) in [5.74, 6) is -0.874. The van der Waals surface area contributed by atoms with Crippen molar-refractivity contribution in [1.29, 1.82) is 0 Å². The second-order valence-electron chi connectivity index (χ2n) is 4.16. The van der Waals surface area contributed by atoms with Gasteiger partial charge in [-0.3, -0.25) is 4.79 Å². The number of anilines is 1. The lowest BCUT2D eigenvalue weighted by molar-refractivity contribution is -0.122. The van der Waals surface area contributed by atoms with Crippen molar-refractivity contribution in [3.63, 3.8) is 0 Å². The van der Waals surface area contributed by atoms with Crippen LogP contribution >= 0.6 is 11.6 Å². The number of nitrogens with one attached hydrogen (secondary N) is 1. The summed E-state index contributed by atoms with van der Waals surface area (Å²) in [5, 5.41) is 3.06. The van der Waals surface area contributed by atoms with E-state index in [4.69, 9.17) is 16.3 Å². The minimum absolute atomic E-state index is 0.0364. The van der Waals surface area contributed by atoms with Crippen molar-refractivity contribution in [2.45, 2.75) is 13.0 Å². The summed E-state index contributed by atoms with van der Waals surface area (Å²) < 4.78 is 18.7. The van der Waals surface area contributed by atoms with Crippen molar-refractivity contribution in [3.8, 4) is 5.75 Å². The Morgan fingerprint density at radius 1 is 1.20 bits per heavy atom. The molecule has 1 atom stereocenters. The van der Waals surface area contributed by atoms with Gasteiger partial charge in [0, 0.05) is 0 Å². The van der Waals surface area contributed by atoms with Gasteiger partial charge in [0.1, 0.15) is 0 Å². The highest BCUT2D eigenvalue weighted by molar-refractivity contribution is 6.33. The van der Waals surface area contributed by atoms with Crippen LogP contribution in [0.4, 0.5) is 10.1 Å². The summed E-state index contributed by atoms with van der Waals surface area (Å²) in [7, 11) is 0. The third-order valence-corrected chi connectivity index (χ3v) is 2.97. The molecule has 1 amide bonds. The number of ether oxygens (including phenoxy) is 1. The first kappa shape index (κ1) is 14.3. The third kappa shape index (κ3) is 3.48. The van der Waals surface area contributed by atoms with Crippen molar-refractivity contribution in [3.05, 3.63) is 59.4 Å². The van der Waals surface area contributed by atoms with E-state index in [-0.39, 0.29) is 5.75 Å². The van der Waals surface area contributed by atoms with Gasteiger partial charge in [0.25, 0.3) is 5.91 Å². The summed E-state index contributed by atoms with van der Waals surface area (Å²) in [6.45, 7) is 1.54. The van der Waals surface area contributed by atoms with Gasteiger partial charge in [0.2, 0.25) is 0 Å². The van der Waals surface area contributed by atoms with E-state index in [0.717, 1.165) is 0 Å². The Balaban J connectivity index is 2.03. The first-order valence-electron chi connectivity index (χ1n) is 6.04. The maximum absolute atomic E-state index is 13.4. The molecule has 20 heavy (non-hydrogen) atoms. The summed E-state index contributed by atoms with van der Waals surface area (Å²) in [5.41, 5.74) is 0.489. The predicted octanol–water partition coefficient (Wildman–Crippen LogP) is 3.89. The molecule has 1 N–H and O–H groups in total. The smallest absolute Gasteiger partial charge is 0.265 e. The van der Waals surface area contributed by atoms with Gasteiger partial charge in [-0.15, -0.1) is 0 Å². The minimum atomic E-state index is -0.844. The topological polar surface area (TPSA) is 38.3 Å². The summed E-state index contributed by atoms with van der Waals surface area (Å²) in [6.07, 6.45) is -0.844. The molecule has 0 spiro atoms. The highest BCUT2D eigenvalue weighted by Crippen LogP contribution is 2.21. The number of carbonyl (C=O) groups is 1. The zero-order valence-electron chi connectivity index (χ0n) is 10.8. The van der Waals surface area contributed by atoms with Gasteiger partial charge in [-0.2, -0.15) is 0 Å². The lowest BCUT2D eigenvalue weighted by atomic mass is 10.3. The van der Waals surface area contributed by atoms with Crippen molar-refractivity contribution in [2.75, 3.05) is 5.32 Å². The monoisotopic (exact) mass is 293 g/mol. The van der Waals surface area contributed by atoms with E-state index in [1.807, 2.05) is 0 Å². The van der Waals surface area contributed by atoms with Crippen molar-refractivity contribution >= 4 is 23.2 Å². The van der Waals surface area contributed by atoms with Gasteiger partial charge in [-0.25, -0.2) is 4.39 Å². The Morgan fingerprint density at radius 2 is 1.85 bits per heavy atom. The number of para-hydroxylation sites is 2. The largest absolute Gasteiger partial charge is 0.478 e. The van der Waals surface area contributed by atoms with E-state index < -0.39 is 17.8 Å².